The Morgan fingerprint density at radius 2 is 1.16 bits per heavy atom. The average Bonchev–Trinajstić information content (AvgIpc) is 3.22. The molecule has 0 aliphatic carbocycles. The van der Waals surface area contributed by atoms with Gasteiger partial charge in [0.25, 0.3) is 0 Å². The van der Waals surface area contributed by atoms with E-state index in [2.05, 4.69) is 116 Å². The van der Waals surface area contributed by atoms with Crippen molar-refractivity contribution in [3.05, 3.63) is 108 Å². The Labute approximate surface area is 380 Å². The smallest absolute Gasteiger partial charge is 0.192 e. The lowest BCUT2D eigenvalue weighted by Crippen LogP contribution is -2.64. The molecule has 2 aliphatic heterocycles. The maximum absolute atomic E-state index is 11.6. The van der Waals surface area contributed by atoms with Gasteiger partial charge in [0, 0.05) is 12.5 Å². The molecule has 0 bridgehead atoms. The highest BCUT2D eigenvalue weighted by Gasteiger charge is 2.52. The number of hydrogen-bond acceptors (Lipinski definition) is 8. The number of hydrogen-bond donors (Lipinski definition) is 1. The van der Waals surface area contributed by atoms with Crippen LogP contribution in [-0.2, 0) is 52.4 Å². The van der Waals surface area contributed by atoms with Crippen LogP contribution in [0.2, 0.25) is 36.3 Å². The summed E-state index contributed by atoms with van der Waals surface area (Å²) >= 11 is 6.94. The summed E-state index contributed by atoms with van der Waals surface area (Å²) in [6.45, 7) is 26.5. The van der Waals surface area contributed by atoms with Crippen molar-refractivity contribution in [3.63, 3.8) is 0 Å². The van der Waals surface area contributed by atoms with Crippen LogP contribution in [0.1, 0.15) is 84.4 Å². The van der Waals surface area contributed by atoms with Crippen molar-refractivity contribution in [2.75, 3.05) is 13.2 Å². The fraction of sp³-hybridized carbons (Fsp3) is 0.608. The van der Waals surface area contributed by atoms with E-state index in [-0.39, 0.29) is 40.2 Å². The molecule has 0 radical (unpaired) electrons. The maximum Gasteiger partial charge on any atom is 0.192 e. The SMILES string of the molecule is CC(C#CC(O)CC[C@@H]1O[C@H](COCc2ccccc2)[C@H](OCc2ccccc2)[C@H](OCc2ccccc2)[C@H]1O[Si](C)(C)C(C)(C)C)[C@H]1OCC[C@H](Cl)[C@@H]1O[Si](C)(C)C(C)(C)C. The number of aliphatic hydroxyl groups is 1. The van der Waals surface area contributed by atoms with Crippen LogP contribution in [0.4, 0.5) is 0 Å². The number of halogens is 1. The molecule has 3 aromatic carbocycles. The van der Waals surface area contributed by atoms with E-state index in [4.69, 9.17) is 44.1 Å². The Hall–Kier alpha value is -2.38. The van der Waals surface area contributed by atoms with Gasteiger partial charge in [0.1, 0.15) is 30.5 Å². The van der Waals surface area contributed by atoms with Crippen molar-refractivity contribution in [2.24, 2.45) is 5.92 Å². The lowest BCUT2D eigenvalue weighted by atomic mass is 9.91. The Kier molecular flexibility index (Phi) is 18.5. The molecule has 3 aromatic rings. The van der Waals surface area contributed by atoms with E-state index >= 15 is 0 Å². The van der Waals surface area contributed by atoms with Gasteiger partial charge < -0.3 is 37.6 Å². The Bertz CT molecular complexity index is 1820. The molecule has 2 heterocycles. The van der Waals surface area contributed by atoms with Crippen molar-refractivity contribution in [1.29, 1.82) is 0 Å². The lowest BCUT2D eigenvalue weighted by molar-refractivity contribution is -0.259. The second-order valence-corrected chi connectivity index (χ2v) is 30.3. The summed E-state index contributed by atoms with van der Waals surface area (Å²) in [5.41, 5.74) is 3.18. The maximum atomic E-state index is 11.6. The first kappa shape index (κ1) is 50.6. The van der Waals surface area contributed by atoms with Crippen molar-refractivity contribution in [3.8, 4) is 11.8 Å². The van der Waals surface area contributed by atoms with Crippen molar-refractivity contribution >= 4 is 28.2 Å². The van der Waals surface area contributed by atoms with E-state index in [1.807, 2.05) is 61.5 Å². The van der Waals surface area contributed by atoms with Crippen LogP contribution in [0.3, 0.4) is 0 Å². The summed E-state index contributed by atoms with van der Waals surface area (Å²) in [5.74, 6) is 6.32. The quantitative estimate of drug-likeness (QED) is 0.0768. The molecule has 5 rings (SSSR count). The second-order valence-electron chi connectivity index (χ2n) is 20.2. The van der Waals surface area contributed by atoms with E-state index in [0.29, 0.717) is 39.3 Å². The van der Waals surface area contributed by atoms with Gasteiger partial charge in [0.05, 0.1) is 50.1 Å². The van der Waals surface area contributed by atoms with Crippen LogP contribution >= 0.6 is 11.6 Å². The molecule has 2 unspecified atom stereocenters. The first-order valence-corrected chi connectivity index (χ1v) is 28.9. The van der Waals surface area contributed by atoms with Crippen LogP contribution in [0.5, 0.6) is 0 Å². The van der Waals surface area contributed by atoms with Crippen LogP contribution in [-0.4, -0.2) is 89.2 Å². The first-order valence-electron chi connectivity index (χ1n) is 22.6. The molecule has 2 aliphatic rings. The van der Waals surface area contributed by atoms with Crippen LogP contribution in [0, 0.1) is 17.8 Å². The minimum absolute atomic E-state index is 0.0245. The zero-order valence-electron chi connectivity index (χ0n) is 39.3. The van der Waals surface area contributed by atoms with Crippen LogP contribution < -0.4 is 0 Å². The summed E-state index contributed by atoms with van der Waals surface area (Å²) < 4.78 is 48.0. The van der Waals surface area contributed by atoms with Gasteiger partial charge in [-0.25, -0.2) is 0 Å². The highest BCUT2D eigenvalue weighted by Crippen LogP contribution is 2.42. The van der Waals surface area contributed by atoms with E-state index in [9.17, 15) is 5.11 Å². The number of benzene rings is 3. The molecule has 8 nitrogen and oxygen atoms in total. The normalized spacial score (nSPS) is 26.0. The summed E-state index contributed by atoms with van der Waals surface area (Å²) in [6.07, 6.45) is -2.35. The number of aliphatic hydroxyl groups excluding tert-OH is 1. The molecule has 62 heavy (non-hydrogen) atoms. The summed E-state index contributed by atoms with van der Waals surface area (Å²) in [7, 11) is -4.55. The minimum atomic E-state index is -2.41. The summed E-state index contributed by atoms with van der Waals surface area (Å²) in [6, 6.07) is 30.5. The molecule has 0 amide bonds. The monoisotopic (exact) mass is 906 g/mol. The van der Waals surface area contributed by atoms with Gasteiger partial charge in [-0.3, -0.25) is 0 Å². The molecule has 0 saturated carbocycles. The molecule has 11 heteroatoms. The van der Waals surface area contributed by atoms with E-state index in [0.717, 1.165) is 23.1 Å². The fourth-order valence-electron chi connectivity index (χ4n) is 7.38. The number of alkyl halides is 1. The van der Waals surface area contributed by atoms with Crippen molar-refractivity contribution < 1.29 is 37.6 Å². The van der Waals surface area contributed by atoms with E-state index in [1.165, 1.54) is 0 Å². The van der Waals surface area contributed by atoms with Gasteiger partial charge in [-0.1, -0.05) is 144 Å². The predicted molar refractivity (Wildman–Crippen MR) is 255 cm³/mol. The third kappa shape index (κ3) is 14.3. The third-order valence-corrected chi connectivity index (χ3v) is 22.7. The molecule has 342 valence electrons. The Balaban J connectivity index is 1.43. The number of rotatable bonds is 18. The Morgan fingerprint density at radius 3 is 1.68 bits per heavy atom. The molecule has 10 atom stereocenters. The van der Waals surface area contributed by atoms with Gasteiger partial charge >= 0.3 is 0 Å². The fourth-order valence-corrected chi connectivity index (χ4v) is 10.4. The van der Waals surface area contributed by atoms with Crippen molar-refractivity contribution in [1.82, 2.24) is 0 Å². The molecular weight excluding hydrogens is 832 g/mol. The topological polar surface area (TPSA) is 84.8 Å². The summed E-state index contributed by atoms with van der Waals surface area (Å²) in [4.78, 5) is 0. The van der Waals surface area contributed by atoms with Gasteiger partial charge in [-0.05, 0) is 79.1 Å². The van der Waals surface area contributed by atoms with Gasteiger partial charge in [0.15, 0.2) is 16.6 Å². The second kappa shape index (κ2) is 22.7. The molecule has 1 N–H and O–H groups in total. The standard InChI is InChI=1S/C51H75ClO8Si2/c1-37(45-46(42(52)31-32-55-45)59-61(8,9)50(2,3)4)27-28-41(53)29-30-43-48(60-62(10,11)51(5,6)7)49(57-35-40-25-19-14-20-26-40)47(56-34-39-23-17-13-18-24-39)44(58-43)36-54-33-38-21-15-12-16-22-38/h12-26,37,41-49,53H,29-36H2,1-11H3/t37?,41?,42-,43-,44+,45+,46-,47-,48-,49-/m0/s1. The molecule has 2 saturated heterocycles. The minimum Gasteiger partial charge on any atom is -0.410 e. The van der Waals surface area contributed by atoms with Crippen molar-refractivity contribution in [2.45, 2.75) is 178 Å². The zero-order chi connectivity index (χ0) is 45.1. The summed E-state index contributed by atoms with van der Waals surface area (Å²) in [5, 5.41) is 11.3. The first-order chi connectivity index (χ1) is 29.3. The highest BCUT2D eigenvalue weighted by atomic mass is 35.5. The number of ether oxygens (including phenoxy) is 5. The molecular formula is C51H75ClO8Si2. The predicted octanol–water partition coefficient (Wildman–Crippen LogP) is 11.1. The Morgan fingerprint density at radius 1 is 0.677 bits per heavy atom. The molecule has 2 fully saturated rings. The van der Waals surface area contributed by atoms with Crippen LogP contribution in [0.25, 0.3) is 0 Å². The lowest BCUT2D eigenvalue weighted by Gasteiger charge is -2.50. The zero-order valence-corrected chi connectivity index (χ0v) is 42.0. The van der Waals surface area contributed by atoms with E-state index in [1.54, 1.807) is 0 Å². The molecule has 0 aromatic heterocycles. The third-order valence-electron chi connectivity index (χ3n) is 13.2. The highest BCUT2D eigenvalue weighted by molar-refractivity contribution is 6.74. The van der Waals surface area contributed by atoms with Crippen LogP contribution in [0.15, 0.2) is 91.0 Å². The average molecular weight is 908 g/mol. The van der Waals surface area contributed by atoms with Gasteiger partial charge in [-0.15, -0.1) is 11.6 Å². The van der Waals surface area contributed by atoms with E-state index < -0.39 is 53.3 Å². The largest absolute Gasteiger partial charge is 0.410 e. The van der Waals surface area contributed by atoms with Gasteiger partial charge in [-0.2, -0.15) is 0 Å². The van der Waals surface area contributed by atoms with Gasteiger partial charge in [0.2, 0.25) is 0 Å². The molecule has 0 spiro atoms.